The van der Waals surface area contributed by atoms with Crippen molar-refractivity contribution in [3.8, 4) is 5.75 Å². The second-order valence-electron chi connectivity index (χ2n) is 5.12. The van der Waals surface area contributed by atoms with Crippen molar-refractivity contribution in [2.45, 2.75) is 6.04 Å². The zero-order valence-electron chi connectivity index (χ0n) is 13.0. The van der Waals surface area contributed by atoms with Gasteiger partial charge < -0.3 is 15.2 Å². The van der Waals surface area contributed by atoms with E-state index in [2.05, 4.69) is 5.32 Å². The molecule has 0 saturated carbocycles. The molecule has 2 rings (SSSR count). The van der Waals surface area contributed by atoms with Gasteiger partial charge in [0.1, 0.15) is 0 Å². The van der Waals surface area contributed by atoms with Gasteiger partial charge in [-0.25, -0.2) is 8.78 Å². The summed E-state index contributed by atoms with van der Waals surface area (Å²) < 4.78 is 31.4. The van der Waals surface area contributed by atoms with E-state index in [0.717, 1.165) is 24.3 Å². The van der Waals surface area contributed by atoms with E-state index in [0.29, 0.717) is 0 Å². The Morgan fingerprint density at radius 2 is 2.00 bits per heavy atom. The third-order valence-corrected chi connectivity index (χ3v) is 3.42. The fourth-order valence-electron chi connectivity index (χ4n) is 2.17. The molecule has 1 atom stereocenters. The predicted molar refractivity (Wildman–Crippen MR) is 83.2 cm³/mol. The number of phenols is 1. The molecular formula is C16H14F2N2O5. The van der Waals surface area contributed by atoms with Crippen molar-refractivity contribution in [3.05, 3.63) is 69.3 Å². The Bertz CT molecular complexity index is 813. The summed E-state index contributed by atoms with van der Waals surface area (Å²) in [6.45, 7) is -0.0308. The lowest BCUT2D eigenvalue weighted by molar-refractivity contribution is -0.385. The Morgan fingerprint density at radius 3 is 2.60 bits per heavy atom. The highest BCUT2D eigenvalue weighted by Gasteiger charge is 2.21. The molecule has 0 saturated heterocycles. The molecule has 0 aliphatic heterocycles. The summed E-state index contributed by atoms with van der Waals surface area (Å²) in [4.78, 5) is 22.3. The molecule has 25 heavy (non-hydrogen) atoms. The van der Waals surface area contributed by atoms with Gasteiger partial charge in [0.2, 0.25) is 0 Å². The molecular weight excluding hydrogens is 338 g/mol. The van der Waals surface area contributed by atoms with E-state index in [1.807, 2.05) is 0 Å². The van der Waals surface area contributed by atoms with E-state index < -0.39 is 39.9 Å². The predicted octanol–water partition coefficient (Wildman–Crippen LogP) is 2.70. The van der Waals surface area contributed by atoms with Crippen molar-refractivity contribution in [1.82, 2.24) is 5.32 Å². The van der Waals surface area contributed by atoms with E-state index in [-0.39, 0.29) is 17.7 Å². The quantitative estimate of drug-likeness (QED) is 0.615. The Labute approximate surface area is 141 Å². The fraction of sp³-hybridized carbons (Fsp3) is 0.188. The number of benzene rings is 2. The SMILES string of the molecule is COC[C@@H](NC(=O)c1ccc(O)c([N+](=O)[O-])c1)c1ccc(F)c(F)c1. The first kappa shape index (κ1) is 18.3. The van der Waals surface area contributed by atoms with Crippen LogP contribution in [0, 0.1) is 21.7 Å². The standard InChI is InChI=1S/C16H14F2N2O5/c1-25-8-13(9-2-4-11(17)12(18)6-9)19-16(22)10-3-5-15(21)14(7-10)20(23)24/h2-7,13,21H,8H2,1H3,(H,19,22)/t13-/m1/s1. The minimum atomic E-state index is -1.08. The number of nitrogens with zero attached hydrogens (tertiary/aromatic N) is 1. The molecule has 2 aromatic rings. The minimum absolute atomic E-state index is 0.0308. The van der Waals surface area contributed by atoms with Crippen molar-refractivity contribution in [3.63, 3.8) is 0 Å². The van der Waals surface area contributed by atoms with Crippen LogP contribution in [0.1, 0.15) is 22.0 Å². The zero-order chi connectivity index (χ0) is 18.6. The largest absolute Gasteiger partial charge is 0.502 e. The molecule has 0 fully saturated rings. The van der Waals surface area contributed by atoms with Crippen LogP contribution >= 0.6 is 0 Å². The highest BCUT2D eigenvalue weighted by atomic mass is 19.2. The van der Waals surface area contributed by atoms with Gasteiger partial charge in [-0.3, -0.25) is 14.9 Å². The Balaban J connectivity index is 2.27. The highest BCUT2D eigenvalue weighted by Crippen LogP contribution is 2.26. The molecule has 2 N–H and O–H groups in total. The maximum absolute atomic E-state index is 13.4. The summed E-state index contributed by atoms with van der Waals surface area (Å²) in [5, 5.41) is 22.8. The number of halogens is 2. The molecule has 7 nitrogen and oxygen atoms in total. The van der Waals surface area contributed by atoms with Crippen LogP contribution in [0.15, 0.2) is 36.4 Å². The van der Waals surface area contributed by atoms with Crippen molar-refractivity contribution in [1.29, 1.82) is 0 Å². The molecule has 0 aliphatic rings. The molecule has 1 amide bonds. The van der Waals surface area contributed by atoms with Crippen LogP contribution in [0.4, 0.5) is 14.5 Å². The van der Waals surface area contributed by atoms with Crippen LogP contribution in [-0.4, -0.2) is 29.7 Å². The van der Waals surface area contributed by atoms with Gasteiger partial charge >= 0.3 is 5.69 Å². The molecule has 0 aliphatic carbocycles. The van der Waals surface area contributed by atoms with E-state index in [1.165, 1.54) is 19.2 Å². The second kappa shape index (κ2) is 7.67. The van der Waals surface area contributed by atoms with Crippen LogP contribution in [0.3, 0.4) is 0 Å². The number of phenolic OH excluding ortho intramolecular Hbond substituents is 1. The first-order valence-corrected chi connectivity index (χ1v) is 7.05. The van der Waals surface area contributed by atoms with Gasteiger partial charge in [-0.1, -0.05) is 6.07 Å². The number of nitrogens with one attached hydrogen (secondary N) is 1. The summed E-state index contributed by atoms with van der Waals surface area (Å²) >= 11 is 0. The molecule has 2 aromatic carbocycles. The van der Waals surface area contributed by atoms with Gasteiger partial charge in [0.15, 0.2) is 17.4 Å². The Kier molecular flexibility index (Phi) is 5.60. The van der Waals surface area contributed by atoms with Gasteiger partial charge in [-0.05, 0) is 29.8 Å². The molecule has 0 heterocycles. The maximum atomic E-state index is 13.4. The number of aromatic hydroxyl groups is 1. The average molecular weight is 352 g/mol. The van der Waals surface area contributed by atoms with Crippen LogP contribution in [0.25, 0.3) is 0 Å². The summed E-state index contributed by atoms with van der Waals surface area (Å²) in [5.41, 5.74) is -0.431. The molecule has 0 bridgehead atoms. The van der Waals surface area contributed by atoms with Crippen LogP contribution in [-0.2, 0) is 4.74 Å². The van der Waals surface area contributed by atoms with Gasteiger partial charge in [0.05, 0.1) is 17.6 Å². The Morgan fingerprint density at radius 1 is 1.28 bits per heavy atom. The lowest BCUT2D eigenvalue weighted by Crippen LogP contribution is -2.31. The summed E-state index contributed by atoms with van der Waals surface area (Å²) in [5.74, 6) is -3.38. The van der Waals surface area contributed by atoms with Crippen LogP contribution < -0.4 is 5.32 Å². The number of carbonyl (C=O) groups excluding carboxylic acids is 1. The van der Waals surface area contributed by atoms with Gasteiger partial charge in [0.25, 0.3) is 5.91 Å². The first-order valence-electron chi connectivity index (χ1n) is 7.05. The van der Waals surface area contributed by atoms with Gasteiger partial charge in [-0.2, -0.15) is 0 Å². The van der Waals surface area contributed by atoms with Gasteiger partial charge in [-0.15, -0.1) is 0 Å². The molecule has 132 valence electrons. The van der Waals surface area contributed by atoms with Crippen molar-refractivity contribution in [2.24, 2.45) is 0 Å². The van der Waals surface area contributed by atoms with E-state index in [1.54, 1.807) is 0 Å². The maximum Gasteiger partial charge on any atom is 0.311 e. The molecule has 9 heteroatoms. The topological polar surface area (TPSA) is 102 Å². The number of carbonyl (C=O) groups is 1. The fourth-order valence-corrected chi connectivity index (χ4v) is 2.17. The third-order valence-electron chi connectivity index (χ3n) is 3.42. The molecule has 0 radical (unpaired) electrons. The second-order valence-corrected chi connectivity index (χ2v) is 5.12. The number of hydrogen-bond donors (Lipinski definition) is 2. The lowest BCUT2D eigenvalue weighted by Gasteiger charge is -2.18. The van der Waals surface area contributed by atoms with E-state index in [9.17, 15) is 28.8 Å². The monoisotopic (exact) mass is 352 g/mol. The van der Waals surface area contributed by atoms with Crippen molar-refractivity contribution >= 4 is 11.6 Å². The number of rotatable bonds is 6. The molecule has 0 aromatic heterocycles. The van der Waals surface area contributed by atoms with Crippen molar-refractivity contribution in [2.75, 3.05) is 13.7 Å². The number of nitro groups is 1. The third kappa shape index (κ3) is 4.27. The number of methoxy groups -OCH3 is 1. The lowest BCUT2D eigenvalue weighted by atomic mass is 10.1. The van der Waals surface area contributed by atoms with Crippen LogP contribution in [0.2, 0.25) is 0 Å². The minimum Gasteiger partial charge on any atom is -0.502 e. The molecule has 0 unspecified atom stereocenters. The highest BCUT2D eigenvalue weighted by molar-refractivity contribution is 5.95. The number of hydrogen-bond acceptors (Lipinski definition) is 5. The number of amides is 1. The van der Waals surface area contributed by atoms with Gasteiger partial charge in [0, 0.05) is 18.7 Å². The number of ether oxygens (including phenoxy) is 1. The normalized spacial score (nSPS) is 11.8. The number of nitro benzene ring substituents is 1. The summed E-state index contributed by atoms with van der Waals surface area (Å²) in [7, 11) is 1.37. The summed E-state index contributed by atoms with van der Waals surface area (Å²) in [6.07, 6.45) is 0. The smallest absolute Gasteiger partial charge is 0.311 e. The van der Waals surface area contributed by atoms with E-state index in [4.69, 9.17) is 4.74 Å². The Hall–Kier alpha value is -3.07. The summed E-state index contributed by atoms with van der Waals surface area (Å²) in [6, 6.07) is 5.48. The average Bonchev–Trinajstić information content (AvgIpc) is 2.57. The zero-order valence-corrected chi connectivity index (χ0v) is 13.0. The van der Waals surface area contributed by atoms with Crippen molar-refractivity contribution < 1.29 is 28.3 Å². The van der Waals surface area contributed by atoms with E-state index >= 15 is 0 Å². The van der Waals surface area contributed by atoms with Crippen LogP contribution in [0.5, 0.6) is 5.75 Å². The first-order chi connectivity index (χ1) is 11.8. The molecule has 0 spiro atoms.